The average Bonchev–Trinajstić information content (AvgIpc) is 3.03. The molecule has 0 spiro atoms. The van der Waals surface area contributed by atoms with Crippen LogP contribution in [0.25, 0.3) is 0 Å². The van der Waals surface area contributed by atoms with Crippen LogP contribution in [0.4, 0.5) is 0 Å². The highest BCUT2D eigenvalue weighted by molar-refractivity contribution is 9.10. The summed E-state index contributed by atoms with van der Waals surface area (Å²) in [6.07, 6.45) is 0. The molecule has 0 radical (unpaired) electrons. The number of hydrogen-bond donors (Lipinski definition) is 2. The Morgan fingerprint density at radius 3 is 2.70 bits per heavy atom. The van der Waals surface area contributed by atoms with Gasteiger partial charge in [-0.25, -0.2) is 13.1 Å². The molecule has 2 heterocycles. The second-order valence-electron chi connectivity index (χ2n) is 4.02. The predicted molar refractivity (Wildman–Crippen MR) is 87.7 cm³/mol. The maximum absolute atomic E-state index is 12.2. The second-order valence-corrected chi connectivity index (χ2v) is 9.03. The number of sulfonamides is 1. The van der Waals surface area contributed by atoms with Crippen molar-refractivity contribution in [2.75, 3.05) is 6.54 Å². The molecule has 2 rings (SSSR count). The maximum atomic E-state index is 12.2. The monoisotopic (exact) mass is 394 g/mol. The zero-order chi connectivity index (χ0) is 14.6. The van der Waals surface area contributed by atoms with E-state index in [1.165, 1.54) is 22.7 Å². The van der Waals surface area contributed by atoms with Crippen LogP contribution in [0.15, 0.2) is 32.3 Å². The zero-order valence-corrected chi connectivity index (χ0v) is 14.9. The van der Waals surface area contributed by atoms with Gasteiger partial charge in [-0.05, 0) is 46.1 Å². The van der Waals surface area contributed by atoms with E-state index in [-0.39, 0.29) is 0 Å². The van der Waals surface area contributed by atoms with Crippen LogP contribution in [-0.4, -0.2) is 15.0 Å². The summed E-state index contributed by atoms with van der Waals surface area (Å²) >= 11 is 6.21. The van der Waals surface area contributed by atoms with Gasteiger partial charge in [-0.3, -0.25) is 0 Å². The fourth-order valence-electron chi connectivity index (χ4n) is 1.53. The Labute approximate surface area is 135 Å². The van der Waals surface area contributed by atoms with E-state index in [2.05, 4.69) is 26.0 Å². The molecular weight excluding hydrogens is 380 g/mol. The van der Waals surface area contributed by atoms with Crippen molar-refractivity contribution in [2.24, 2.45) is 0 Å². The molecule has 0 saturated heterocycles. The van der Waals surface area contributed by atoms with Crippen LogP contribution in [0.3, 0.4) is 0 Å². The van der Waals surface area contributed by atoms with E-state index in [1.807, 2.05) is 24.4 Å². The summed E-state index contributed by atoms with van der Waals surface area (Å²) in [6, 6.07) is 5.42. The molecule has 4 nitrogen and oxygen atoms in total. The van der Waals surface area contributed by atoms with Crippen LogP contribution < -0.4 is 10.0 Å². The number of rotatable bonds is 7. The van der Waals surface area contributed by atoms with Crippen LogP contribution in [0, 0.1) is 0 Å². The first kappa shape index (κ1) is 16.1. The van der Waals surface area contributed by atoms with Gasteiger partial charge >= 0.3 is 0 Å². The Balaban J connectivity index is 2.03. The van der Waals surface area contributed by atoms with Crippen molar-refractivity contribution in [3.8, 4) is 0 Å². The van der Waals surface area contributed by atoms with Crippen molar-refractivity contribution in [2.45, 2.75) is 24.2 Å². The molecule has 0 aliphatic carbocycles. The summed E-state index contributed by atoms with van der Waals surface area (Å²) in [6.45, 7) is 3.89. The van der Waals surface area contributed by atoms with Crippen molar-refractivity contribution in [1.29, 1.82) is 0 Å². The molecule has 8 heteroatoms. The molecule has 0 aliphatic rings. The summed E-state index contributed by atoms with van der Waals surface area (Å²) in [5.41, 5.74) is 0. The summed E-state index contributed by atoms with van der Waals surface area (Å²) in [4.78, 5) is 1.99. The minimum absolute atomic E-state index is 0.307. The van der Waals surface area contributed by atoms with Crippen LogP contribution in [0.2, 0.25) is 0 Å². The molecule has 2 N–H and O–H groups in total. The number of halogens is 1. The molecule has 0 bridgehead atoms. The summed E-state index contributed by atoms with van der Waals surface area (Å²) in [5.74, 6) is 0. The summed E-state index contributed by atoms with van der Waals surface area (Å²) in [5, 5.41) is 5.11. The highest BCUT2D eigenvalue weighted by atomic mass is 79.9. The molecule has 0 unspecified atom stereocenters. The highest BCUT2D eigenvalue weighted by Gasteiger charge is 2.17. The largest absolute Gasteiger partial charge is 0.312 e. The molecule has 20 heavy (non-hydrogen) atoms. The molecule has 0 aromatic carbocycles. The first-order chi connectivity index (χ1) is 9.53. The Morgan fingerprint density at radius 2 is 2.05 bits per heavy atom. The lowest BCUT2D eigenvalue weighted by atomic mass is 10.4. The summed E-state index contributed by atoms with van der Waals surface area (Å²) in [7, 11) is -3.43. The van der Waals surface area contributed by atoms with E-state index in [0.717, 1.165) is 20.8 Å². The van der Waals surface area contributed by atoms with E-state index in [0.29, 0.717) is 17.3 Å². The standard InChI is InChI=1S/C12H15BrN2O2S3/c1-2-14-7-9-3-4-12(19-9)20(16,17)15-8-11-10(13)5-6-18-11/h3-6,14-15H,2,7-8H2,1H3. The van der Waals surface area contributed by atoms with Gasteiger partial charge in [-0.1, -0.05) is 6.92 Å². The first-order valence-corrected chi connectivity index (χ1v) is 10.0. The number of hydrogen-bond acceptors (Lipinski definition) is 5. The third-order valence-electron chi connectivity index (χ3n) is 2.56. The highest BCUT2D eigenvalue weighted by Crippen LogP contribution is 2.24. The molecule has 110 valence electrons. The minimum atomic E-state index is -3.43. The third kappa shape index (κ3) is 4.12. The Bertz CT molecular complexity index is 664. The van der Waals surface area contributed by atoms with Gasteiger partial charge in [-0.2, -0.15) is 0 Å². The Hall–Kier alpha value is -0.250. The Kier molecular flexibility index (Phi) is 5.76. The smallest absolute Gasteiger partial charge is 0.250 e. The molecule has 0 aliphatic heterocycles. The molecule has 2 aromatic rings. The number of thiophene rings is 2. The minimum Gasteiger partial charge on any atom is -0.312 e. The van der Waals surface area contributed by atoms with Crippen LogP contribution in [-0.2, 0) is 23.1 Å². The lowest BCUT2D eigenvalue weighted by Gasteiger charge is -2.03. The topological polar surface area (TPSA) is 58.2 Å². The van der Waals surface area contributed by atoms with Gasteiger partial charge in [0.15, 0.2) is 0 Å². The van der Waals surface area contributed by atoms with E-state index < -0.39 is 10.0 Å². The molecule has 2 aromatic heterocycles. The van der Waals surface area contributed by atoms with Gasteiger partial charge in [-0.15, -0.1) is 22.7 Å². The fraction of sp³-hybridized carbons (Fsp3) is 0.333. The zero-order valence-electron chi connectivity index (χ0n) is 10.8. The van der Waals surface area contributed by atoms with Gasteiger partial charge < -0.3 is 5.32 Å². The van der Waals surface area contributed by atoms with E-state index in [4.69, 9.17) is 0 Å². The van der Waals surface area contributed by atoms with Crippen molar-refractivity contribution in [3.63, 3.8) is 0 Å². The number of nitrogens with one attached hydrogen (secondary N) is 2. The molecule has 0 amide bonds. The third-order valence-corrected chi connectivity index (χ3v) is 7.47. The molecular formula is C12H15BrN2O2S3. The van der Waals surface area contributed by atoms with Crippen LogP contribution in [0.1, 0.15) is 16.7 Å². The molecule has 0 saturated carbocycles. The lowest BCUT2D eigenvalue weighted by molar-refractivity contribution is 0.584. The summed E-state index contributed by atoms with van der Waals surface area (Å²) < 4.78 is 28.3. The van der Waals surface area contributed by atoms with Crippen molar-refractivity contribution < 1.29 is 8.42 Å². The Morgan fingerprint density at radius 1 is 1.25 bits per heavy atom. The maximum Gasteiger partial charge on any atom is 0.250 e. The second kappa shape index (κ2) is 7.15. The lowest BCUT2D eigenvalue weighted by Crippen LogP contribution is -2.22. The van der Waals surface area contributed by atoms with E-state index in [1.54, 1.807) is 6.07 Å². The molecule has 0 atom stereocenters. The quantitative estimate of drug-likeness (QED) is 0.757. The predicted octanol–water partition coefficient (Wildman–Crippen LogP) is 3.16. The van der Waals surface area contributed by atoms with E-state index >= 15 is 0 Å². The van der Waals surface area contributed by atoms with Gasteiger partial charge in [0.05, 0.1) is 0 Å². The van der Waals surface area contributed by atoms with Gasteiger partial charge in [0.2, 0.25) is 10.0 Å². The normalized spacial score (nSPS) is 11.9. The van der Waals surface area contributed by atoms with Crippen LogP contribution in [0.5, 0.6) is 0 Å². The fourth-order valence-corrected chi connectivity index (χ4v) is 5.42. The van der Waals surface area contributed by atoms with Crippen molar-refractivity contribution in [1.82, 2.24) is 10.0 Å². The van der Waals surface area contributed by atoms with Crippen LogP contribution >= 0.6 is 38.6 Å². The van der Waals surface area contributed by atoms with Gasteiger partial charge in [0.1, 0.15) is 4.21 Å². The van der Waals surface area contributed by atoms with E-state index in [9.17, 15) is 8.42 Å². The van der Waals surface area contributed by atoms with Crippen molar-refractivity contribution in [3.05, 3.63) is 37.8 Å². The van der Waals surface area contributed by atoms with Gasteiger partial charge in [0, 0.05) is 27.3 Å². The van der Waals surface area contributed by atoms with Crippen molar-refractivity contribution >= 4 is 48.6 Å². The SMILES string of the molecule is CCNCc1ccc(S(=O)(=O)NCc2sccc2Br)s1. The first-order valence-electron chi connectivity index (χ1n) is 6.04. The average molecular weight is 395 g/mol. The van der Waals surface area contributed by atoms with Gasteiger partial charge in [0.25, 0.3) is 0 Å². The molecule has 0 fully saturated rings.